The van der Waals surface area contributed by atoms with E-state index < -0.39 is 12.2 Å². The maximum Gasteiger partial charge on any atom is 0.125 e. The van der Waals surface area contributed by atoms with E-state index in [-0.39, 0.29) is 12.2 Å². The number of aliphatic hydroxyl groups is 2. The Hall–Kier alpha value is -2.01. The Kier molecular flexibility index (Phi) is 2.10. The third kappa shape index (κ3) is 1.47. The van der Waals surface area contributed by atoms with Crippen LogP contribution in [0.15, 0.2) is 42.5 Å². The van der Waals surface area contributed by atoms with Gasteiger partial charge in [0.05, 0.1) is 11.2 Å². The van der Waals surface area contributed by atoms with E-state index in [4.69, 9.17) is 4.74 Å². The third-order valence-corrected chi connectivity index (χ3v) is 4.54. The van der Waals surface area contributed by atoms with E-state index in [9.17, 15) is 10.2 Å². The first-order valence-corrected chi connectivity index (χ1v) is 7.08. The van der Waals surface area contributed by atoms with Gasteiger partial charge >= 0.3 is 0 Å². The quantitative estimate of drug-likeness (QED) is 0.489. The highest BCUT2D eigenvalue weighted by Crippen LogP contribution is 2.50. The van der Waals surface area contributed by atoms with E-state index in [1.165, 1.54) is 0 Å². The maximum atomic E-state index is 10.3. The molecule has 4 nitrogen and oxygen atoms in total. The largest absolute Gasteiger partial charge is 0.387 e. The zero-order chi connectivity index (χ0) is 14.1. The van der Waals surface area contributed by atoms with Crippen molar-refractivity contribution >= 4 is 21.7 Å². The first-order chi connectivity index (χ1) is 10.2. The van der Waals surface area contributed by atoms with Gasteiger partial charge in [0, 0.05) is 16.3 Å². The second-order valence-corrected chi connectivity index (χ2v) is 5.78. The van der Waals surface area contributed by atoms with Gasteiger partial charge in [0.1, 0.15) is 24.4 Å². The third-order valence-electron chi connectivity index (χ3n) is 4.54. The fourth-order valence-electron chi connectivity index (χ4n) is 3.38. The van der Waals surface area contributed by atoms with Crippen LogP contribution in [0.1, 0.15) is 23.5 Å². The average Bonchev–Trinajstić information content (AvgIpc) is 3.32. The van der Waals surface area contributed by atoms with Crippen molar-refractivity contribution in [3.8, 4) is 0 Å². The minimum absolute atomic E-state index is 0.123. The van der Waals surface area contributed by atoms with Crippen LogP contribution in [0.3, 0.4) is 0 Å². The molecule has 2 N–H and O–H groups in total. The molecule has 1 fully saturated rings. The lowest BCUT2D eigenvalue weighted by molar-refractivity contribution is -0.00224. The second kappa shape index (κ2) is 3.80. The van der Waals surface area contributed by atoms with Crippen LogP contribution in [0.5, 0.6) is 0 Å². The molecule has 1 aliphatic carbocycles. The molecule has 21 heavy (non-hydrogen) atoms. The number of fused-ring (bicyclic) bond motifs is 6. The number of ether oxygens (including phenoxy) is 1. The molecule has 2 aliphatic rings. The number of epoxide rings is 1. The van der Waals surface area contributed by atoms with Crippen molar-refractivity contribution in [2.24, 2.45) is 0 Å². The smallest absolute Gasteiger partial charge is 0.125 e. The van der Waals surface area contributed by atoms with Crippen molar-refractivity contribution in [3.63, 3.8) is 0 Å². The molecule has 2 heterocycles. The molecule has 0 spiro atoms. The molecule has 0 saturated carbocycles. The molecule has 1 saturated heterocycles. The van der Waals surface area contributed by atoms with Crippen LogP contribution in [0, 0.1) is 0 Å². The molecule has 1 aliphatic heterocycles. The Balaban J connectivity index is 1.87. The van der Waals surface area contributed by atoms with Crippen molar-refractivity contribution in [1.82, 2.24) is 4.98 Å². The summed E-state index contributed by atoms with van der Waals surface area (Å²) in [5.74, 6) is 0. The molecule has 4 atom stereocenters. The van der Waals surface area contributed by atoms with Gasteiger partial charge in [0.2, 0.25) is 0 Å². The summed E-state index contributed by atoms with van der Waals surface area (Å²) in [6.07, 6.45) is -2.27. The Morgan fingerprint density at radius 3 is 2.71 bits per heavy atom. The van der Waals surface area contributed by atoms with Gasteiger partial charge < -0.3 is 14.9 Å². The minimum Gasteiger partial charge on any atom is -0.387 e. The van der Waals surface area contributed by atoms with Crippen molar-refractivity contribution < 1.29 is 14.9 Å². The molecule has 1 aromatic heterocycles. The normalized spacial score (nSPS) is 30.2. The number of pyridine rings is 1. The molecule has 3 aromatic rings. The number of benzene rings is 2. The summed E-state index contributed by atoms with van der Waals surface area (Å²) < 4.78 is 5.47. The summed E-state index contributed by atoms with van der Waals surface area (Å²) in [6, 6.07) is 14.2. The summed E-state index contributed by atoms with van der Waals surface area (Å²) in [5.41, 5.74) is 2.31. The zero-order valence-corrected chi connectivity index (χ0v) is 11.1. The summed E-state index contributed by atoms with van der Waals surface area (Å²) in [4.78, 5) is 4.66. The average molecular weight is 279 g/mol. The molecule has 0 bridgehead atoms. The number of aromatic nitrogens is 1. The first-order valence-electron chi connectivity index (χ1n) is 7.08. The molecule has 0 unspecified atom stereocenters. The van der Waals surface area contributed by atoms with Crippen LogP contribution >= 0.6 is 0 Å². The Morgan fingerprint density at radius 2 is 1.81 bits per heavy atom. The lowest BCUT2D eigenvalue weighted by atomic mass is 9.90. The standard InChI is InChI=1S/C17H13NO3/c19-14-13-11(16-17(21-16)15(14)20)7-9-6-5-8-3-1-2-4-10(8)12(9)18-13/h1-7,14-17,19-20H/t14-,15+,16-,17+/m1/s1. The van der Waals surface area contributed by atoms with Gasteiger partial charge in [-0.15, -0.1) is 0 Å². The predicted octanol–water partition coefficient (Wildman–Crippen LogP) is 2.24. The molecule has 4 heteroatoms. The summed E-state index contributed by atoms with van der Waals surface area (Å²) in [6.45, 7) is 0. The Labute approximate surface area is 120 Å². The van der Waals surface area contributed by atoms with Gasteiger partial charge in [0.15, 0.2) is 0 Å². The molecule has 5 rings (SSSR count). The van der Waals surface area contributed by atoms with E-state index in [1.54, 1.807) is 0 Å². The van der Waals surface area contributed by atoms with Crippen LogP contribution in [-0.2, 0) is 4.74 Å². The number of hydrogen-bond acceptors (Lipinski definition) is 4. The van der Waals surface area contributed by atoms with Crippen LogP contribution in [0.4, 0.5) is 0 Å². The lowest BCUT2D eigenvalue weighted by Gasteiger charge is -2.22. The highest BCUT2D eigenvalue weighted by Gasteiger charge is 2.54. The Morgan fingerprint density at radius 1 is 1.00 bits per heavy atom. The fraction of sp³-hybridized carbons (Fsp3) is 0.235. The van der Waals surface area contributed by atoms with E-state index in [0.717, 1.165) is 27.2 Å². The highest BCUT2D eigenvalue weighted by atomic mass is 16.6. The van der Waals surface area contributed by atoms with Crippen LogP contribution in [0.25, 0.3) is 21.7 Å². The maximum absolute atomic E-state index is 10.3. The van der Waals surface area contributed by atoms with Crippen molar-refractivity contribution in [2.75, 3.05) is 0 Å². The van der Waals surface area contributed by atoms with Gasteiger partial charge in [-0.1, -0.05) is 36.4 Å². The SMILES string of the molecule is O[C@@H]1[C@@H]2O[C@@H]2c2cc3ccc4ccccc4c3nc2[C@H]1O. The zero-order valence-electron chi connectivity index (χ0n) is 11.1. The highest BCUT2D eigenvalue weighted by molar-refractivity contribution is 6.05. The number of hydrogen-bond donors (Lipinski definition) is 2. The summed E-state index contributed by atoms with van der Waals surface area (Å²) in [7, 11) is 0. The summed E-state index contributed by atoms with van der Waals surface area (Å²) >= 11 is 0. The van der Waals surface area contributed by atoms with E-state index in [1.807, 2.05) is 36.4 Å². The Bertz CT molecular complexity index is 892. The van der Waals surface area contributed by atoms with Gasteiger partial charge in [-0.2, -0.15) is 0 Å². The van der Waals surface area contributed by atoms with Gasteiger partial charge in [0.25, 0.3) is 0 Å². The summed E-state index contributed by atoms with van der Waals surface area (Å²) in [5, 5.41) is 23.5. The van der Waals surface area contributed by atoms with Gasteiger partial charge in [-0.05, 0) is 11.5 Å². The lowest BCUT2D eigenvalue weighted by Crippen LogP contribution is -2.29. The van der Waals surface area contributed by atoms with Gasteiger partial charge in [-0.25, -0.2) is 4.98 Å². The molecular formula is C17H13NO3. The molecule has 104 valence electrons. The van der Waals surface area contributed by atoms with E-state index in [0.29, 0.717) is 5.69 Å². The van der Waals surface area contributed by atoms with Crippen LogP contribution in [0.2, 0.25) is 0 Å². The number of nitrogens with zero attached hydrogens (tertiary/aromatic N) is 1. The van der Waals surface area contributed by atoms with Crippen LogP contribution < -0.4 is 0 Å². The fourth-order valence-corrected chi connectivity index (χ4v) is 3.38. The topological polar surface area (TPSA) is 65.9 Å². The monoisotopic (exact) mass is 279 g/mol. The first kappa shape index (κ1) is 11.6. The predicted molar refractivity (Wildman–Crippen MR) is 77.8 cm³/mol. The second-order valence-electron chi connectivity index (χ2n) is 5.78. The molecular weight excluding hydrogens is 266 g/mol. The number of rotatable bonds is 0. The van der Waals surface area contributed by atoms with Gasteiger partial charge in [-0.3, -0.25) is 0 Å². The van der Waals surface area contributed by atoms with E-state index in [2.05, 4.69) is 11.1 Å². The minimum atomic E-state index is -0.980. The van der Waals surface area contributed by atoms with E-state index >= 15 is 0 Å². The number of aliphatic hydroxyl groups excluding tert-OH is 2. The van der Waals surface area contributed by atoms with Crippen molar-refractivity contribution in [3.05, 3.63) is 53.7 Å². The van der Waals surface area contributed by atoms with Crippen molar-refractivity contribution in [2.45, 2.75) is 24.4 Å². The molecule has 2 aromatic carbocycles. The van der Waals surface area contributed by atoms with Crippen molar-refractivity contribution in [1.29, 1.82) is 0 Å². The molecule has 0 radical (unpaired) electrons. The van der Waals surface area contributed by atoms with Crippen LogP contribution in [-0.4, -0.2) is 27.4 Å². The molecule has 0 amide bonds.